The fraction of sp³-hybridized carbons (Fsp3) is 0.538. The van der Waals surface area contributed by atoms with Crippen molar-refractivity contribution in [3.63, 3.8) is 0 Å². The van der Waals surface area contributed by atoms with Gasteiger partial charge >= 0.3 is 0 Å². The van der Waals surface area contributed by atoms with Crippen LogP contribution in [-0.2, 0) is 6.42 Å². The molecule has 1 fully saturated rings. The van der Waals surface area contributed by atoms with Crippen molar-refractivity contribution in [3.8, 4) is 5.75 Å². The number of ether oxygens (including phenoxy) is 1. The van der Waals surface area contributed by atoms with Crippen molar-refractivity contribution in [1.82, 2.24) is 0 Å². The van der Waals surface area contributed by atoms with E-state index in [-0.39, 0.29) is 6.10 Å². The fourth-order valence-corrected chi connectivity index (χ4v) is 2.32. The van der Waals surface area contributed by atoms with Crippen molar-refractivity contribution in [3.05, 3.63) is 29.8 Å². The lowest BCUT2D eigenvalue weighted by atomic mass is 9.96. The molecule has 0 bridgehead atoms. The molecule has 0 aromatic heterocycles. The predicted molar refractivity (Wildman–Crippen MR) is 60.0 cm³/mol. The zero-order chi connectivity index (χ0) is 10.7. The molecule has 2 heteroatoms. The van der Waals surface area contributed by atoms with Gasteiger partial charge in [-0.25, -0.2) is 0 Å². The van der Waals surface area contributed by atoms with Gasteiger partial charge in [0.15, 0.2) is 0 Å². The van der Waals surface area contributed by atoms with E-state index in [1.165, 1.54) is 12.0 Å². The number of aliphatic hydroxyl groups excluding tert-OH is 1. The summed E-state index contributed by atoms with van der Waals surface area (Å²) in [5.74, 6) is 1.35. The number of aliphatic hydroxyl groups is 1. The largest absolute Gasteiger partial charge is 0.497 e. The molecule has 0 heterocycles. The lowest BCUT2D eigenvalue weighted by molar-refractivity contribution is 0.132. The zero-order valence-electron chi connectivity index (χ0n) is 9.15. The molecule has 2 atom stereocenters. The Morgan fingerprint density at radius 2 is 2.00 bits per heavy atom. The normalized spacial score (nSPS) is 25.5. The average Bonchev–Trinajstić information content (AvgIpc) is 2.66. The van der Waals surface area contributed by atoms with Crippen molar-refractivity contribution >= 4 is 0 Å². The molecule has 0 amide bonds. The Hall–Kier alpha value is -1.02. The molecule has 1 aliphatic rings. The van der Waals surface area contributed by atoms with Crippen molar-refractivity contribution in [2.45, 2.75) is 31.8 Å². The molecule has 0 aliphatic heterocycles. The number of hydrogen-bond acceptors (Lipinski definition) is 2. The van der Waals surface area contributed by atoms with E-state index in [2.05, 4.69) is 12.1 Å². The zero-order valence-corrected chi connectivity index (χ0v) is 9.15. The SMILES string of the molecule is COc1ccc(C[C@@H]2CCC[C@@H]2O)cc1. The second kappa shape index (κ2) is 4.67. The highest BCUT2D eigenvalue weighted by molar-refractivity contribution is 5.27. The van der Waals surface area contributed by atoms with Gasteiger partial charge in [-0.3, -0.25) is 0 Å². The second-order valence-electron chi connectivity index (χ2n) is 4.31. The molecule has 0 unspecified atom stereocenters. The molecule has 15 heavy (non-hydrogen) atoms. The van der Waals surface area contributed by atoms with Gasteiger partial charge in [-0.05, 0) is 42.9 Å². The van der Waals surface area contributed by atoms with Crippen molar-refractivity contribution in [2.24, 2.45) is 5.92 Å². The molecule has 1 N–H and O–H groups in total. The van der Waals surface area contributed by atoms with Crippen molar-refractivity contribution < 1.29 is 9.84 Å². The molecule has 2 nitrogen and oxygen atoms in total. The average molecular weight is 206 g/mol. The van der Waals surface area contributed by atoms with Crippen LogP contribution in [0.25, 0.3) is 0 Å². The Balaban J connectivity index is 1.98. The predicted octanol–water partition coefficient (Wildman–Crippen LogP) is 2.40. The Kier molecular flexibility index (Phi) is 3.27. The summed E-state index contributed by atoms with van der Waals surface area (Å²) in [5, 5.41) is 9.73. The Morgan fingerprint density at radius 1 is 1.27 bits per heavy atom. The van der Waals surface area contributed by atoms with E-state index < -0.39 is 0 Å². The van der Waals surface area contributed by atoms with Gasteiger partial charge in [0.05, 0.1) is 13.2 Å². The molecule has 1 aromatic rings. The summed E-state index contributed by atoms with van der Waals surface area (Å²) in [7, 11) is 1.68. The minimum atomic E-state index is -0.0906. The minimum Gasteiger partial charge on any atom is -0.497 e. The van der Waals surface area contributed by atoms with E-state index in [4.69, 9.17) is 4.74 Å². The topological polar surface area (TPSA) is 29.5 Å². The summed E-state index contributed by atoms with van der Waals surface area (Å²) in [5.41, 5.74) is 1.29. The van der Waals surface area contributed by atoms with Crippen LogP contribution in [0.5, 0.6) is 5.75 Å². The summed E-state index contributed by atoms with van der Waals surface area (Å²) in [6.07, 6.45) is 4.20. The highest BCUT2D eigenvalue weighted by Crippen LogP contribution is 2.29. The third kappa shape index (κ3) is 2.51. The molecule has 2 rings (SSSR count). The molecule has 1 aliphatic carbocycles. The van der Waals surface area contributed by atoms with Crippen LogP contribution in [0.1, 0.15) is 24.8 Å². The van der Waals surface area contributed by atoms with Crippen LogP contribution >= 0.6 is 0 Å². The maximum absolute atomic E-state index is 9.73. The fourth-order valence-electron chi connectivity index (χ4n) is 2.32. The maximum Gasteiger partial charge on any atom is 0.118 e. The molecule has 82 valence electrons. The number of hydrogen-bond donors (Lipinski definition) is 1. The highest BCUT2D eigenvalue weighted by Gasteiger charge is 2.24. The van der Waals surface area contributed by atoms with Crippen LogP contribution in [0, 0.1) is 5.92 Å². The summed E-state index contributed by atoms with van der Waals surface area (Å²) < 4.78 is 5.11. The van der Waals surface area contributed by atoms with Gasteiger partial charge in [0.25, 0.3) is 0 Å². The van der Waals surface area contributed by atoms with E-state index in [1.54, 1.807) is 7.11 Å². The maximum atomic E-state index is 9.73. The van der Waals surface area contributed by atoms with Gasteiger partial charge < -0.3 is 9.84 Å². The van der Waals surface area contributed by atoms with Gasteiger partial charge in [0, 0.05) is 0 Å². The first-order valence-electron chi connectivity index (χ1n) is 5.60. The lowest BCUT2D eigenvalue weighted by Crippen LogP contribution is -2.15. The van der Waals surface area contributed by atoms with Gasteiger partial charge in [0.2, 0.25) is 0 Å². The first-order valence-corrected chi connectivity index (χ1v) is 5.60. The summed E-state index contributed by atoms with van der Waals surface area (Å²) in [6.45, 7) is 0. The summed E-state index contributed by atoms with van der Waals surface area (Å²) in [6, 6.07) is 8.14. The quantitative estimate of drug-likeness (QED) is 0.823. The summed E-state index contributed by atoms with van der Waals surface area (Å²) in [4.78, 5) is 0. The van der Waals surface area contributed by atoms with E-state index in [1.807, 2.05) is 12.1 Å². The molecule has 0 spiro atoms. The van der Waals surface area contributed by atoms with Gasteiger partial charge in [-0.1, -0.05) is 18.6 Å². The van der Waals surface area contributed by atoms with Crippen molar-refractivity contribution in [2.75, 3.05) is 7.11 Å². The van der Waals surface area contributed by atoms with Gasteiger partial charge in [0.1, 0.15) is 5.75 Å². The van der Waals surface area contributed by atoms with E-state index >= 15 is 0 Å². The third-order valence-electron chi connectivity index (χ3n) is 3.28. The van der Waals surface area contributed by atoms with Crippen LogP contribution in [-0.4, -0.2) is 18.3 Å². The molecule has 1 aromatic carbocycles. The molecule has 0 saturated heterocycles. The minimum absolute atomic E-state index is 0.0906. The van der Waals surface area contributed by atoms with E-state index in [0.29, 0.717) is 5.92 Å². The monoisotopic (exact) mass is 206 g/mol. The molecular weight excluding hydrogens is 188 g/mol. The lowest BCUT2D eigenvalue weighted by Gasteiger charge is -2.14. The first-order chi connectivity index (χ1) is 7.29. The van der Waals surface area contributed by atoms with E-state index in [0.717, 1.165) is 25.0 Å². The van der Waals surface area contributed by atoms with Crippen molar-refractivity contribution in [1.29, 1.82) is 0 Å². The number of methoxy groups -OCH3 is 1. The standard InChI is InChI=1S/C13H18O2/c1-15-12-7-5-10(6-8-12)9-11-3-2-4-13(11)14/h5-8,11,13-14H,2-4,9H2,1H3/t11-,13-/m0/s1. The van der Waals surface area contributed by atoms with Crippen LogP contribution in [0.3, 0.4) is 0 Å². The molecule has 0 radical (unpaired) electrons. The third-order valence-corrected chi connectivity index (χ3v) is 3.28. The van der Waals surface area contributed by atoms with Crippen LogP contribution in [0.4, 0.5) is 0 Å². The van der Waals surface area contributed by atoms with Gasteiger partial charge in [-0.2, -0.15) is 0 Å². The van der Waals surface area contributed by atoms with Crippen LogP contribution < -0.4 is 4.74 Å². The van der Waals surface area contributed by atoms with E-state index in [9.17, 15) is 5.11 Å². The Morgan fingerprint density at radius 3 is 2.53 bits per heavy atom. The molecule has 1 saturated carbocycles. The highest BCUT2D eigenvalue weighted by atomic mass is 16.5. The first kappa shape index (κ1) is 10.5. The summed E-state index contributed by atoms with van der Waals surface area (Å²) >= 11 is 0. The Bertz CT molecular complexity index is 305. The van der Waals surface area contributed by atoms with Gasteiger partial charge in [-0.15, -0.1) is 0 Å². The smallest absolute Gasteiger partial charge is 0.118 e. The number of rotatable bonds is 3. The van der Waals surface area contributed by atoms with Crippen LogP contribution in [0.15, 0.2) is 24.3 Å². The molecular formula is C13H18O2. The Labute approximate surface area is 90.9 Å². The van der Waals surface area contributed by atoms with Crippen LogP contribution in [0.2, 0.25) is 0 Å². The second-order valence-corrected chi connectivity index (χ2v) is 4.31. The number of benzene rings is 1.